The Balaban J connectivity index is 1.69. The van der Waals surface area contributed by atoms with Crippen LogP contribution in [0, 0.1) is 17.3 Å². The Hall–Kier alpha value is -1.26. The van der Waals surface area contributed by atoms with Crippen molar-refractivity contribution in [1.29, 1.82) is 0 Å². The molecule has 4 fully saturated rings. The number of hydrogen-bond acceptors (Lipinski definition) is 3. The third kappa shape index (κ3) is 2.40. The maximum atomic E-state index is 12.3. The SMILES string of the molecule is CC(C)(C)OC(=O)N1C[C@@H]2C[C@H]1C2C1(CC(=O)O)CCC1. The van der Waals surface area contributed by atoms with Gasteiger partial charge in [-0.2, -0.15) is 0 Å². The van der Waals surface area contributed by atoms with Gasteiger partial charge in [0.15, 0.2) is 0 Å². The van der Waals surface area contributed by atoms with Gasteiger partial charge < -0.3 is 14.7 Å². The van der Waals surface area contributed by atoms with Crippen molar-refractivity contribution in [1.82, 2.24) is 4.90 Å². The molecule has 0 spiro atoms. The van der Waals surface area contributed by atoms with Crippen molar-refractivity contribution in [3.05, 3.63) is 0 Å². The van der Waals surface area contributed by atoms with Crippen LogP contribution < -0.4 is 0 Å². The van der Waals surface area contributed by atoms with E-state index in [1.54, 1.807) is 0 Å². The van der Waals surface area contributed by atoms with Crippen molar-refractivity contribution in [3.8, 4) is 0 Å². The van der Waals surface area contributed by atoms with Crippen LogP contribution in [0.15, 0.2) is 0 Å². The molecule has 1 amide bonds. The van der Waals surface area contributed by atoms with Gasteiger partial charge in [0.05, 0.1) is 6.42 Å². The zero-order chi connectivity index (χ0) is 15.4. The lowest BCUT2D eigenvalue weighted by molar-refractivity contribution is -0.146. The van der Waals surface area contributed by atoms with E-state index in [4.69, 9.17) is 4.74 Å². The van der Waals surface area contributed by atoms with E-state index in [2.05, 4.69) is 0 Å². The predicted octanol–water partition coefficient (Wildman–Crippen LogP) is 2.89. The fourth-order valence-electron chi connectivity index (χ4n) is 4.62. The fraction of sp³-hybridized carbons (Fsp3) is 0.875. The van der Waals surface area contributed by atoms with Gasteiger partial charge in [0.1, 0.15) is 5.60 Å². The summed E-state index contributed by atoms with van der Waals surface area (Å²) in [6, 6.07) is 0.199. The highest BCUT2D eigenvalue weighted by Gasteiger charge is 2.63. The Morgan fingerprint density at radius 3 is 2.48 bits per heavy atom. The summed E-state index contributed by atoms with van der Waals surface area (Å²) in [5.74, 6) is 0.141. The van der Waals surface area contributed by atoms with Crippen molar-refractivity contribution in [2.45, 2.75) is 64.5 Å². The van der Waals surface area contributed by atoms with E-state index in [0.717, 1.165) is 32.2 Å². The van der Waals surface area contributed by atoms with Gasteiger partial charge >= 0.3 is 12.1 Å². The van der Waals surface area contributed by atoms with E-state index in [9.17, 15) is 14.7 Å². The molecule has 3 atom stereocenters. The van der Waals surface area contributed by atoms with Gasteiger partial charge in [-0.05, 0) is 57.3 Å². The summed E-state index contributed by atoms with van der Waals surface area (Å²) in [4.78, 5) is 25.3. The highest BCUT2D eigenvalue weighted by atomic mass is 16.6. The number of carbonyl (C=O) groups is 2. The van der Waals surface area contributed by atoms with Crippen LogP contribution in [-0.2, 0) is 9.53 Å². The molecule has 2 saturated heterocycles. The maximum absolute atomic E-state index is 12.3. The van der Waals surface area contributed by atoms with Crippen LogP contribution >= 0.6 is 0 Å². The van der Waals surface area contributed by atoms with Crippen LogP contribution in [0.3, 0.4) is 0 Å². The number of ether oxygens (including phenoxy) is 1. The second-order valence-corrected chi connectivity index (χ2v) is 8.01. The minimum Gasteiger partial charge on any atom is -0.481 e. The molecule has 2 aliphatic carbocycles. The van der Waals surface area contributed by atoms with Crippen molar-refractivity contribution >= 4 is 12.1 Å². The summed E-state index contributed by atoms with van der Waals surface area (Å²) in [6.45, 7) is 6.37. The van der Waals surface area contributed by atoms with Gasteiger partial charge in [0, 0.05) is 12.6 Å². The van der Waals surface area contributed by atoms with Gasteiger partial charge in [0.2, 0.25) is 0 Å². The van der Waals surface area contributed by atoms with Crippen molar-refractivity contribution in [2.75, 3.05) is 6.54 Å². The van der Waals surface area contributed by atoms with E-state index in [1.165, 1.54) is 0 Å². The zero-order valence-electron chi connectivity index (χ0n) is 13.1. The number of carboxylic acids is 1. The molecule has 2 heterocycles. The average Bonchev–Trinajstić information content (AvgIpc) is 2.80. The molecule has 0 aromatic rings. The predicted molar refractivity (Wildman–Crippen MR) is 76.9 cm³/mol. The number of carbonyl (C=O) groups excluding carboxylic acids is 1. The molecule has 1 N–H and O–H groups in total. The number of amides is 1. The second kappa shape index (κ2) is 4.62. The first-order chi connectivity index (χ1) is 9.72. The molecule has 4 aliphatic rings. The number of fused-ring (bicyclic) bond motifs is 1. The van der Waals surface area contributed by atoms with Crippen LogP contribution in [0.5, 0.6) is 0 Å². The minimum atomic E-state index is -0.704. The lowest BCUT2D eigenvalue weighted by Gasteiger charge is -2.54. The molecule has 0 radical (unpaired) electrons. The van der Waals surface area contributed by atoms with Crippen molar-refractivity contribution in [2.24, 2.45) is 17.3 Å². The molecule has 1 unspecified atom stereocenters. The zero-order valence-corrected chi connectivity index (χ0v) is 13.1. The van der Waals surface area contributed by atoms with Crippen molar-refractivity contribution < 1.29 is 19.4 Å². The quantitative estimate of drug-likeness (QED) is 0.869. The molecule has 5 heteroatoms. The summed E-state index contributed by atoms with van der Waals surface area (Å²) >= 11 is 0. The van der Waals surface area contributed by atoms with Crippen LogP contribution in [0.4, 0.5) is 4.79 Å². The lowest BCUT2D eigenvalue weighted by Crippen LogP contribution is -2.54. The Morgan fingerprint density at radius 1 is 1.33 bits per heavy atom. The number of aliphatic carboxylic acids is 1. The van der Waals surface area contributed by atoms with Gasteiger partial charge in [-0.15, -0.1) is 0 Å². The van der Waals surface area contributed by atoms with Gasteiger partial charge in [-0.1, -0.05) is 6.42 Å². The smallest absolute Gasteiger partial charge is 0.410 e. The first-order valence-electron chi connectivity index (χ1n) is 7.93. The molecule has 118 valence electrons. The molecular weight excluding hydrogens is 270 g/mol. The highest BCUT2D eigenvalue weighted by molar-refractivity contribution is 5.70. The van der Waals surface area contributed by atoms with Gasteiger partial charge in [-0.3, -0.25) is 4.79 Å². The number of carboxylic acid groups (broad SMARTS) is 1. The Morgan fingerprint density at radius 2 is 2.00 bits per heavy atom. The average molecular weight is 295 g/mol. The summed E-state index contributed by atoms with van der Waals surface area (Å²) in [6.07, 6.45) is 4.16. The normalized spacial score (nSPS) is 33.1. The number of rotatable bonds is 3. The topological polar surface area (TPSA) is 66.8 Å². The third-order valence-corrected chi connectivity index (χ3v) is 5.49. The summed E-state index contributed by atoms with van der Waals surface area (Å²) in [5.41, 5.74) is -0.537. The second-order valence-electron chi connectivity index (χ2n) is 8.01. The lowest BCUT2D eigenvalue weighted by atomic mass is 9.50. The van der Waals surface area contributed by atoms with Crippen LogP contribution in [0.2, 0.25) is 0 Å². The van der Waals surface area contributed by atoms with E-state index in [-0.39, 0.29) is 24.0 Å². The minimum absolute atomic E-state index is 0.0593. The summed E-state index contributed by atoms with van der Waals surface area (Å²) in [5, 5.41) is 9.20. The molecule has 0 aromatic heterocycles. The first kappa shape index (κ1) is 14.7. The molecule has 0 aromatic carbocycles. The molecule has 4 rings (SSSR count). The highest BCUT2D eigenvalue weighted by Crippen LogP contribution is 2.63. The van der Waals surface area contributed by atoms with Gasteiger partial charge in [-0.25, -0.2) is 4.79 Å². The van der Waals surface area contributed by atoms with Gasteiger partial charge in [0.25, 0.3) is 0 Å². The van der Waals surface area contributed by atoms with Crippen LogP contribution in [0.1, 0.15) is 52.9 Å². The molecule has 2 bridgehead atoms. The van der Waals surface area contributed by atoms with E-state index >= 15 is 0 Å². The molecule has 5 nitrogen and oxygen atoms in total. The molecule has 21 heavy (non-hydrogen) atoms. The first-order valence-corrected chi connectivity index (χ1v) is 7.93. The Kier molecular flexibility index (Phi) is 3.22. The monoisotopic (exact) mass is 295 g/mol. The number of hydrogen-bond donors (Lipinski definition) is 1. The summed E-state index contributed by atoms with van der Waals surface area (Å²) < 4.78 is 5.48. The standard InChI is InChI=1S/C16H25NO4/c1-15(2,3)21-14(20)17-9-10-7-11(17)13(10)16(5-4-6-16)8-12(18)19/h10-11,13H,4-9H2,1-3H3,(H,18,19)/t10-,11-,13?/m0/s1. The van der Waals surface area contributed by atoms with Crippen molar-refractivity contribution in [3.63, 3.8) is 0 Å². The van der Waals surface area contributed by atoms with Crippen LogP contribution in [-0.4, -0.2) is 40.3 Å². The molecule has 2 aliphatic heterocycles. The third-order valence-electron chi connectivity index (χ3n) is 5.49. The largest absolute Gasteiger partial charge is 0.481 e. The fourth-order valence-corrected chi connectivity index (χ4v) is 4.62. The molecular formula is C16H25NO4. The van der Waals surface area contributed by atoms with Crippen LogP contribution in [0.25, 0.3) is 0 Å². The van der Waals surface area contributed by atoms with E-state index < -0.39 is 11.6 Å². The Bertz CT molecular complexity index is 463. The maximum Gasteiger partial charge on any atom is 0.410 e. The summed E-state index contributed by atoms with van der Waals surface area (Å²) in [7, 11) is 0. The Labute approximate surface area is 125 Å². The van der Waals surface area contributed by atoms with E-state index in [1.807, 2.05) is 25.7 Å². The molecule has 2 saturated carbocycles. The number of nitrogens with zero attached hydrogens (tertiary/aromatic N) is 1. The van der Waals surface area contributed by atoms with E-state index in [0.29, 0.717) is 11.8 Å².